The molecule has 14 heavy (non-hydrogen) atoms. The molecule has 84 valence electrons. The summed E-state index contributed by atoms with van der Waals surface area (Å²) < 4.78 is 9.96. The van der Waals surface area contributed by atoms with Crippen LogP contribution in [0.5, 0.6) is 0 Å². The molecule has 4 nitrogen and oxygen atoms in total. The molecule has 0 aliphatic carbocycles. The van der Waals surface area contributed by atoms with Crippen molar-refractivity contribution in [2.45, 2.75) is 45.6 Å². The van der Waals surface area contributed by atoms with Crippen molar-refractivity contribution in [2.24, 2.45) is 0 Å². The van der Waals surface area contributed by atoms with Crippen LogP contribution in [0.2, 0.25) is 0 Å². The summed E-state index contributed by atoms with van der Waals surface area (Å²) in [5.74, 6) is 0. The van der Waals surface area contributed by atoms with Crippen LogP contribution in [0, 0.1) is 0 Å². The number of hydrogen-bond donors (Lipinski definition) is 1. The van der Waals surface area contributed by atoms with Gasteiger partial charge in [-0.25, -0.2) is 4.79 Å². The Morgan fingerprint density at radius 3 is 2.57 bits per heavy atom. The lowest BCUT2D eigenvalue weighted by Crippen LogP contribution is -2.22. The van der Waals surface area contributed by atoms with Gasteiger partial charge in [-0.3, -0.25) is 0 Å². The highest BCUT2D eigenvalue weighted by molar-refractivity contribution is 5.56. The lowest BCUT2D eigenvalue weighted by molar-refractivity contribution is -0.0121. The maximum atomic E-state index is 10.2. The molecule has 1 N–H and O–H groups in total. The molecule has 0 aromatic heterocycles. The molecule has 0 bridgehead atoms. The summed E-state index contributed by atoms with van der Waals surface area (Å²) in [5, 5.41) is 8.32. The van der Waals surface area contributed by atoms with Gasteiger partial charge in [0.2, 0.25) is 0 Å². The van der Waals surface area contributed by atoms with Crippen molar-refractivity contribution in [1.82, 2.24) is 0 Å². The van der Waals surface area contributed by atoms with Gasteiger partial charge >= 0.3 is 6.16 Å². The second-order valence-electron chi connectivity index (χ2n) is 3.21. The Kier molecular flexibility index (Phi) is 8.33. The van der Waals surface area contributed by atoms with Gasteiger partial charge in [0.25, 0.3) is 0 Å². The molecular weight excluding hydrogens is 184 g/mol. The molecule has 0 saturated carbocycles. The number of carboxylic acid groups (broad SMARTS) is 1. The first-order valence-electron chi connectivity index (χ1n) is 5.18. The minimum absolute atomic E-state index is 0.0809. The zero-order valence-electron chi connectivity index (χ0n) is 8.99. The van der Waals surface area contributed by atoms with Crippen LogP contribution < -0.4 is 0 Å². The van der Waals surface area contributed by atoms with Gasteiger partial charge in [-0.2, -0.15) is 0 Å². The maximum absolute atomic E-state index is 10.2. The van der Waals surface area contributed by atoms with Crippen molar-refractivity contribution < 1.29 is 19.4 Å². The molecule has 0 aromatic carbocycles. The molecule has 0 fully saturated rings. The molecule has 1 unspecified atom stereocenters. The number of rotatable bonds is 8. The molecule has 0 heterocycles. The molecule has 0 aromatic rings. The van der Waals surface area contributed by atoms with E-state index in [-0.39, 0.29) is 12.7 Å². The van der Waals surface area contributed by atoms with E-state index in [1.165, 1.54) is 0 Å². The average molecular weight is 204 g/mol. The van der Waals surface area contributed by atoms with E-state index in [4.69, 9.17) is 9.84 Å². The first-order chi connectivity index (χ1) is 6.70. The molecule has 0 saturated heterocycles. The Morgan fingerprint density at radius 2 is 2.07 bits per heavy atom. The Balaban J connectivity index is 3.59. The highest BCUT2D eigenvalue weighted by Gasteiger charge is 2.10. The van der Waals surface area contributed by atoms with E-state index in [2.05, 4.69) is 11.7 Å². The Labute approximate surface area is 85.2 Å². The van der Waals surface area contributed by atoms with Crippen molar-refractivity contribution in [1.29, 1.82) is 0 Å². The fourth-order valence-electron chi connectivity index (χ4n) is 1.10. The largest absolute Gasteiger partial charge is 0.505 e. The van der Waals surface area contributed by atoms with Crippen LogP contribution in [0.25, 0.3) is 0 Å². The Morgan fingerprint density at radius 1 is 1.36 bits per heavy atom. The first-order valence-corrected chi connectivity index (χ1v) is 5.18. The number of carbonyl (C=O) groups is 1. The third-order valence-electron chi connectivity index (χ3n) is 1.85. The smallest absolute Gasteiger partial charge is 0.450 e. The second kappa shape index (κ2) is 8.81. The van der Waals surface area contributed by atoms with Crippen LogP contribution in [0.15, 0.2) is 0 Å². The first kappa shape index (κ1) is 13.2. The predicted molar refractivity (Wildman–Crippen MR) is 53.5 cm³/mol. The summed E-state index contributed by atoms with van der Waals surface area (Å²) >= 11 is 0. The average Bonchev–Trinajstić information content (AvgIpc) is 2.14. The van der Waals surface area contributed by atoms with Gasteiger partial charge in [-0.05, 0) is 12.8 Å². The Bertz CT molecular complexity index is 147. The van der Waals surface area contributed by atoms with E-state index in [9.17, 15) is 4.79 Å². The van der Waals surface area contributed by atoms with E-state index in [0.717, 1.165) is 25.7 Å². The van der Waals surface area contributed by atoms with Crippen molar-refractivity contribution in [3.63, 3.8) is 0 Å². The molecular formula is C10H20O4. The summed E-state index contributed by atoms with van der Waals surface area (Å²) in [7, 11) is 0. The van der Waals surface area contributed by atoms with Gasteiger partial charge < -0.3 is 14.6 Å². The van der Waals surface area contributed by atoms with E-state index < -0.39 is 6.16 Å². The van der Waals surface area contributed by atoms with Crippen molar-refractivity contribution in [3.8, 4) is 0 Å². The molecule has 0 aliphatic rings. The van der Waals surface area contributed by atoms with E-state index in [0.29, 0.717) is 6.61 Å². The summed E-state index contributed by atoms with van der Waals surface area (Å²) in [4.78, 5) is 10.2. The minimum atomic E-state index is -1.23. The topological polar surface area (TPSA) is 55.8 Å². The van der Waals surface area contributed by atoms with E-state index in [1.807, 2.05) is 6.92 Å². The fraction of sp³-hybridized carbons (Fsp3) is 0.900. The minimum Gasteiger partial charge on any atom is -0.450 e. The molecule has 4 heteroatoms. The normalized spacial score (nSPS) is 12.4. The quantitative estimate of drug-likeness (QED) is 0.488. The highest BCUT2D eigenvalue weighted by Crippen LogP contribution is 2.04. The summed E-state index contributed by atoms with van der Waals surface area (Å²) in [6.07, 6.45) is 2.59. The maximum Gasteiger partial charge on any atom is 0.505 e. The summed E-state index contributed by atoms with van der Waals surface area (Å²) in [6, 6.07) is 0. The van der Waals surface area contributed by atoms with E-state index in [1.54, 1.807) is 0 Å². The van der Waals surface area contributed by atoms with Crippen molar-refractivity contribution >= 4 is 6.16 Å². The molecule has 0 amide bonds. The molecule has 0 rings (SSSR count). The van der Waals surface area contributed by atoms with Crippen molar-refractivity contribution in [2.75, 3.05) is 13.2 Å². The van der Waals surface area contributed by atoms with Gasteiger partial charge in [0.1, 0.15) is 6.61 Å². The van der Waals surface area contributed by atoms with Gasteiger partial charge in [-0.15, -0.1) is 0 Å². The number of hydrogen-bond acceptors (Lipinski definition) is 3. The number of unbranched alkanes of at least 4 members (excludes halogenated alkanes) is 1. The zero-order chi connectivity index (χ0) is 10.8. The third-order valence-corrected chi connectivity index (χ3v) is 1.85. The lowest BCUT2D eigenvalue weighted by atomic mass is 10.2. The lowest BCUT2D eigenvalue weighted by Gasteiger charge is -2.15. The van der Waals surface area contributed by atoms with Crippen LogP contribution in [0.4, 0.5) is 4.79 Å². The molecule has 0 spiro atoms. The monoisotopic (exact) mass is 204 g/mol. The predicted octanol–water partition coefficient (Wildman–Crippen LogP) is 2.67. The van der Waals surface area contributed by atoms with Crippen molar-refractivity contribution in [3.05, 3.63) is 0 Å². The fourth-order valence-corrected chi connectivity index (χ4v) is 1.10. The molecule has 0 radical (unpaired) electrons. The SMILES string of the molecule is CCCCOC(CCC)COC(=O)O. The highest BCUT2D eigenvalue weighted by atomic mass is 16.7. The zero-order valence-corrected chi connectivity index (χ0v) is 8.99. The van der Waals surface area contributed by atoms with Crippen LogP contribution >= 0.6 is 0 Å². The van der Waals surface area contributed by atoms with Crippen LogP contribution in [0.1, 0.15) is 39.5 Å². The summed E-state index contributed by atoms with van der Waals surface area (Å²) in [6.45, 7) is 4.96. The van der Waals surface area contributed by atoms with Crippen LogP contribution in [-0.2, 0) is 9.47 Å². The molecule has 1 atom stereocenters. The number of ether oxygens (including phenoxy) is 2. The van der Waals surface area contributed by atoms with Crippen LogP contribution in [-0.4, -0.2) is 30.6 Å². The van der Waals surface area contributed by atoms with Gasteiger partial charge in [0.05, 0.1) is 6.10 Å². The second-order valence-corrected chi connectivity index (χ2v) is 3.21. The Hall–Kier alpha value is -0.770. The van der Waals surface area contributed by atoms with E-state index >= 15 is 0 Å². The van der Waals surface area contributed by atoms with Crippen LogP contribution in [0.3, 0.4) is 0 Å². The standard InChI is InChI=1S/C10H20O4/c1-3-5-7-13-9(6-4-2)8-14-10(11)12/h9H,3-8H2,1-2H3,(H,11,12). The molecule has 0 aliphatic heterocycles. The van der Waals surface area contributed by atoms with Gasteiger partial charge in [-0.1, -0.05) is 26.7 Å². The van der Waals surface area contributed by atoms with Gasteiger partial charge in [0, 0.05) is 6.61 Å². The summed E-state index contributed by atoms with van der Waals surface area (Å²) in [5.41, 5.74) is 0. The third kappa shape index (κ3) is 7.86. The van der Waals surface area contributed by atoms with Gasteiger partial charge in [0.15, 0.2) is 0 Å².